The fourth-order valence-electron chi connectivity index (χ4n) is 2.39. The van der Waals surface area contributed by atoms with Gasteiger partial charge in [0.2, 0.25) is 5.95 Å². The molecule has 0 atom stereocenters. The summed E-state index contributed by atoms with van der Waals surface area (Å²) in [6, 6.07) is 9.98. The summed E-state index contributed by atoms with van der Waals surface area (Å²) in [6.45, 7) is 2.99. The Hall–Kier alpha value is -2.89. The number of unbranched alkanes of at least 4 members (excludes halogenated alkanes) is 2. The number of allylic oxidation sites excluding steroid dienone is 2. The number of nitrogen functional groups attached to an aromatic ring is 1. The molecule has 6 heteroatoms. The fraction of sp³-hybridized carbons (Fsp3) is 0.300. The Morgan fingerprint density at radius 1 is 1.31 bits per heavy atom. The van der Waals surface area contributed by atoms with Crippen molar-refractivity contribution >= 4 is 11.7 Å². The Balaban J connectivity index is 1.83. The monoisotopic (exact) mass is 357 g/mol. The van der Waals surface area contributed by atoms with Crippen molar-refractivity contribution in [2.45, 2.75) is 32.7 Å². The van der Waals surface area contributed by atoms with Gasteiger partial charge in [0, 0.05) is 6.54 Å². The number of halogens is 1. The third-order valence-corrected chi connectivity index (χ3v) is 3.76. The number of anilines is 1. The van der Waals surface area contributed by atoms with E-state index in [0.29, 0.717) is 13.2 Å². The molecule has 138 valence electrons. The molecule has 0 spiro atoms. The Kier molecular flexibility index (Phi) is 7.61. The summed E-state index contributed by atoms with van der Waals surface area (Å²) in [5, 5.41) is 2.75. The highest BCUT2D eigenvalue weighted by Crippen LogP contribution is 2.15. The number of ether oxygens (including phenoxy) is 1. The first-order chi connectivity index (χ1) is 12.6. The molecular formula is C20H24FN3O2. The maximum absolute atomic E-state index is 13.0. The fourth-order valence-corrected chi connectivity index (χ4v) is 2.39. The number of carbonyl (C=O) groups excluding carboxylic acids is 1. The molecule has 0 fully saturated rings. The van der Waals surface area contributed by atoms with Gasteiger partial charge in [-0.3, -0.25) is 4.79 Å². The number of hydrogen-bond acceptors (Lipinski definition) is 4. The van der Waals surface area contributed by atoms with Gasteiger partial charge in [0.05, 0.1) is 12.2 Å². The molecule has 0 radical (unpaired) electrons. The number of nitrogens with zero attached hydrogens (tertiary/aromatic N) is 1. The van der Waals surface area contributed by atoms with E-state index in [1.165, 1.54) is 6.07 Å². The van der Waals surface area contributed by atoms with Crippen LogP contribution in [0.3, 0.4) is 0 Å². The van der Waals surface area contributed by atoms with Gasteiger partial charge in [0.25, 0.3) is 5.91 Å². The Labute approximate surface area is 153 Å². The molecule has 0 aliphatic heterocycles. The summed E-state index contributed by atoms with van der Waals surface area (Å²) >= 11 is 0. The summed E-state index contributed by atoms with van der Waals surface area (Å²) in [4.78, 5) is 15.6. The molecule has 0 bridgehead atoms. The van der Waals surface area contributed by atoms with Crippen LogP contribution in [0.4, 0.5) is 10.2 Å². The van der Waals surface area contributed by atoms with E-state index in [1.54, 1.807) is 0 Å². The highest BCUT2D eigenvalue weighted by Gasteiger charge is 2.11. The molecule has 1 heterocycles. The Bertz CT molecular complexity index is 762. The molecule has 26 heavy (non-hydrogen) atoms. The molecule has 1 amide bonds. The standard InChI is InChI=1S/C20H24FN3O2/c1-2-3-4-5-6-12-26-16-9-7-8-15(13-16)14-23-20(25)17-10-11-18(21)24-19(17)22/h2-3,7-11,13H,4-6,12,14H2,1H3,(H2,22,24)(H,23,25)/b3-2+. The zero-order valence-electron chi connectivity index (χ0n) is 14.9. The van der Waals surface area contributed by atoms with Crippen LogP contribution in [0.2, 0.25) is 0 Å². The molecule has 0 aliphatic rings. The maximum atomic E-state index is 13.0. The summed E-state index contributed by atoms with van der Waals surface area (Å²) in [5.41, 5.74) is 6.63. The first-order valence-electron chi connectivity index (χ1n) is 8.63. The van der Waals surface area contributed by atoms with Crippen LogP contribution in [0, 0.1) is 5.95 Å². The second-order valence-corrected chi connectivity index (χ2v) is 5.81. The molecule has 1 aromatic heterocycles. The average molecular weight is 357 g/mol. The van der Waals surface area contributed by atoms with Gasteiger partial charge in [0.1, 0.15) is 11.6 Å². The number of nitrogens with two attached hydrogens (primary N) is 1. The lowest BCUT2D eigenvalue weighted by atomic mass is 10.2. The topological polar surface area (TPSA) is 77.2 Å². The first-order valence-corrected chi connectivity index (χ1v) is 8.63. The van der Waals surface area contributed by atoms with Gasteiger partial charge in [-0.25, -0.2) is 4.98 Å². The van der Waals surface area contributed by atoms with Crippen LogP contribution in [-0.2, 0) is 6.54 Å². The Morgan fingerprint density at radius 3 is 2.92 bits per heavy atom. The summed E-state index contributed by atoms with van der Waals surface area (Å²) in [5.74, 6) is -0.469. The van der Waals surface area contributed by atoms with E-state index in [-0.39, 0.29) is 11.4 Å². The number of rotatable bonds is 9. The van der Waals surface area contributed by atoms with Crippen molar-refractivity contribution in [3.05, 3.63) is 65.6 Å². The van der Waals surface area contributed by atoms with E-state index in [9.17, 15) is 9.18 Å². The molecular weight excluding hydrogens is 333 g/mol. The van der Waals surface area contributed by atoms with Crippen LogP contribution in [0.25, 0.3) is 0 Å². The van der Waals surface area contributed by atoms with Gasteiger partial charge in [-0.05, 0) is 56.0 Å². The summed E-state index contributed by atoms with van der Waals surface area (Å²) < 4.78 is 18.7. The number of amides is 1. The highest BCUT2D eigenvalue weighted by atomic mass is 19.1. The number of hydrogen-bond donors (Lipinski definition) is 2. The third-order valence-electron chi connectivity index (χ3n) is 3.76. The molecule has 0 saturated carbocycles. The maximum Gasteiger partial charge on any atom is 0.255 e. The lowest BCUT2D eigenvalue weighted by molar-refractivity contribution is 0.0951. The van der Waals surface area contributed by atoms with Crippen molar-refractivity contribution in [1.29, 1.82) is 0 Å². The lowest BCUT2D eigenvalue weighted by Crippen LogP contribution is -2.24. The zero-order valence-corrected chi connectivity index (χ0v) is 14.9. The minimum Gasteiger partial charge on any atom is -0.494 e. The molecule has 0 aliphatic carbocycles. The molecule has 2 aromatic rings. The normalized spacial score (nSPS) is 10.8. The summed E-state index contributed by atoms with van der Waals surface area (Å²) in [7, 11) is 0. The van der Waals surface area contributed by atoms with Crippen molar-refractivity contribution in [3.8, 4) is 5.75 Å². The molecule has 5 nitrogen and oxygen atoms in total. The van der Waals surface area contributed by atoms with Crippen LogP contribution in [-0.4, -0.2) is 17.5 Å². The largest absolute Gasteiger partial charge is 0.494 e. The second kappa shape index (κ2) is 10.2. The summed E-state index contributed by atoms with van der Waals surface area (Å²) in [6.07, 6.45) is 7.34. The lowest BCUT2D eigenvalue weighted by Gasteiger charge is -2.10. The van der Waals surface area contributed by atoms with E-state index < -0.39 is 11.9 Å². The molecule has 2 rings (SSSR count). The van der Waals surface area contributed by atoms with E-state index in [2.05, 4.69) is 16.4 Å². The van der Waals surface area contributed by atoms with E-state index in [0.717, 1.165) is 36.6 Å². The van der Waals surface area contributed by atoms with Crippen LogP contribution in [0.5, 0.6) is 5.75 Å². The molecule has 3 N–H and O–H groups in total. The number of nitrogens with one attached hydrogen (secondary N) is 1. The minimum atomic E-state index is -0.713. The van der Waals surface area contributed by atoms with Crippen LogP contribution >= 0.6 is 0 Å². The smallest absolute Gasteiger partial charge is 0.255 e. The average Bonchev–Trinajstić information content (AvgIpc) is 2.63. The van der Waals surface area contributed by atoms with E-state index in [4.69, 9.17) is 10.5 Å². The predicted octanol–water partition coefficient (Wildman–Crippen LogP) is 3.86. The van der Waals surface area contributed by atoms with Crippen molar-refractivity contribution in [3.63, 3.8) is 0 Å². The number of carbonyl (C=O) groups is 1. The number of benzene rings is 1. The quantitative estimate of drug-likeness (QED) is 0.406. The van der Waals surface area contributed by atoms with Crippen molar-refractivity contribution in [2.24, 2.45) is 0 Å². The van der Waals surface area contributed by atoms with Crippen molar-refractivity contribution in [2.75, 3.05) is 12.3 Å². The third kappa shape index (κ3) is 6.20. The van der Waals surface area contributed by atoms with Gasteiger partial charge in [-0.15, -0.1) is 0 Å². The van der Waals surface area contributed by atoms with Crippen LogP contribution in [0.15, 0.2) is 48.6 Å². The molecule has 0 unspecified atom stereocenters. The van der Waals surface area contributed by atoms with Crippen LogP contribution < -0.4 is 15.8 Å². The van der Waals surface area contributed by atoms with Gasteiger partial charge >= 0.3 is 0 Å². The van der Waals surface area contributed by atoms with E-state index in [1.807, 2.05) is 37.3 Å². The van der Waals surface area contributed by atoms with Gasteiger partial charge in [-0.1, -0.05) is 24.3 Å². The zero-order chi connectivity index (χ0) is 18.8. The second-order valence-electron chi connectivity index (χ2n) is 5.81. The number of pyridine rings is 1. The van der Waals surface area contributed by atoms with Gasteiger partial charge in [0.15, 0.2) is 0 Å². The van der Waals surface area contributed by atoms with Gasteiger partial charge in [-0.2, -0.15) is 4.39 Å². The predicted molar refractivity (Wildman–Crippen MR) is 100 cm³/mol. The molecule has 1 aromatic carbocycles. The Morgan fingerprint density at radius 2 is 2.15 bits per heavy atom. The first kappa shape index (κ1) is 19.4. The van der Waals surface area contributed by atoms with Crippen LogP contribution in [0.1, 0.15) is 42.1 Å². The minimum absolute atomic E-state index is 0.127. The number of aromatic nitrogens is 1. The highest BCUT2D eigenvalue weighted by molar-refractivity contribution is 5.98. The SMILES string of the molecule is C/C=C/CCCCOc1cccc(CNC(=O)c2ccc(F)nc2N)c1. The van der Waals surface area contributed by atoms with Crippen molar-refractivity contribution in [1.82, 2.24) is 10.3 Å². The van der Waals surface area contributed by atoms with Crippen molar-refractivity contribution < 1.29 is 13.9 Å². The van der Waals surface area contributed by atoms with E-state index >= 15 is 0 Å². The molecule has 0 saturated heterocycles. The van der Waals surface area contributed by atoms with Gasteiger partial charge < -0.3 is 15.8 Å².